The molecule has 150 valence electrons. The molecule has 0 bridgehead atoms. The average Bonchev–Trinajstić information content (AvgIpc) is 3.39. The zero-order chi connectivity index (χ0) is 20.7. The number of aromatic amines is 1. The summed E-state index contributed by atoms with van der Waals surface area (Å²) in [5.74, 6) is 1.66. The van der Waals surface area contributed by atoms with Gasteiger partial charge in [-0.1, -0.05) is 6.07 Å². The first kappa shape index (κ1) is 18.0. The van der Waals surface area contributed by atoms with Gasteiger partial charge in [-0.15, -0.1) is 0 Å². The summed E-state index contributed by atoms with van der Waals surface area (Å²) in [5, 5.41) is 3.36. The predicted octanol–water partition coefficient (Wildman–Crippen LogP) is 4.01. The van der Waals surface area contributed by atoms with Crippen LogP contribution in [0.4, 0.5) is 10.2 Å². The second-order valence-corrected chi connectivity index (χ2v) is 6.83. The molecular weight excluding hydrogens is 385 g/mol. The van der Waals surface area contributed by atoms with Crippen molar-refractivity contribution in [3.05, 3.63) is 66.8 Å². The molecule has 8 nitrogen and oxygen atoms in total. The summed E-state index contributed by atoms with van der Waals surface area (Å²) >= 11 is 0. The average molecular weight is 403 g/mol. The zero-order valence-corrected chi connectivity index (χ0v) is 16.3. The lowest BCUT2D eigenvalue weighted by atomic mass is 10.2. The summed E-state index contributed by atoms with van der Waals surface area (Å²) < 4.78 is 21.4. The van der Waals surface area contributed by atoms with Gasteiger partial charge in [0, 0.05) is 12.1 Å². The highest BCUT2D eigenvalue weighted by Gasteiger charge is 2.20. The Labute approximate surface area is 170 Å². The van der Waals surface area contributed by atoms with Crippen LogP contribution in [0.1, 0.15) is 18.8 Å². The zero-order valence-electron chi connectivity index (χ0n) is 16.3. The number of benzene rings is 2. The largest absolute Gasteiger partial charge is 0.497 e. The first-order valence-corrected chi connectivity index (χ1v) is 9.37. The fourth-order valence-corrected chi connectivity index (χ4v) is 3.52. The molecule has 0 fully saturated rings. The Morgan fingerprint density at radius 3 is 2.90 bits per heavy atom. The maximum absolute atomic E-state index is 14.1. The Bertz CT molecular complexity index is 1360. The predicted molar refractivity (Wildman–Crippen MR) is 111 cm³/mol. The molecule has 0 saturated carbocycles. The molecule has 0 spiro atoms. The van der Waals surface area contributed by atoms with Crippen LogP contribution < -0.4 is 10.1 Å². The number of H-pyrrole nitrogens is 1. The van der Waals surface area contributed by atoms with Gasteiger partial charge in [0.2, 0.25) is 0 Å². The molecule has 30 heavy (non-hydrogen) atoms. The molecule has 1 unspecified atom stereocenters. The molecule has 0 saturated heterocycles. The summed E-state index contributed by atoms with van der Waals surface area (Å²) in [5.41, 5.74) is 3.45. The maximum atomic E-state index is 14.1. The first-order valence-electron chi connectivity index (χ1n) is 9.37. The van der Waals surface area contributed by atoms with E-state index in [1.165, 1.54) is 18.5 Å². The lowest BCUT2D eigenvalue weighted by molar-refractivity contribution is 0.414. The summed E-state index contributed by atoms with van der Waals surface area (Å²) in [6.07, 6.45) is 3.04. The van der Waals surface area contributed by atoms with Crippen LogP contribution in [0, 0.1) is 5.82 Å². The van der Waals surface area contributed by atoms with Crippen molar-refractivity contribution in [1.82, 2.24) is 29.5 Å². The minimum Gasteiger partial charge on any atom is -0.497 e. The van der Waals surface area contributed by atoms with Crippen LogP contribution in [-0.4, -0.2) is 36.6 Å². The molecule has 1 atom stereocenters. The van der Waals surface area contributed by atoms with Crippen LogP contribution in [0.15, 0.2) is 55.1 Å². The van der Waals surface area contributed by atoms with E-state index < -0.39 is 0 Å². The van der Waals surface area contributed by atoms with Crippen molar-refractivity contribution in [2.75, 3.05) is 12.4 Å². The van der Waals surface area contributed by atoms with Gasteiger partial charge in [-0.25, -0.2) is 24.3 Å². The van der Waals surface area contributed by atoms with Crippen LogP contribution in [0.2, 0.25) is 0 Å². The highest BCUT2D eigenvalue weighted by molar-refractivity contribution is 5.82. The topological polar surface area (TPSA) is 93.5 Å². The summed E-state index contributed by atoms with van der Waals surface area (Å²) in [6.45, 7) is 1.97. The lowest BCUT2D eigenvalue weighted by Gasteiger charge is -2.17. The van der Waals surface area contributed by atoms with Gasteiger partial charge in [0.05, 0.1) is 36.2 Å². The number of nitrogens with zero attached hydrogens (tertiary/aromatic N) is 5. The van der Waals surface area contributed by atoms with Crippen LogP contribution in [-0.2, 0) is 0 Å². The van der Waals surface area contributed by atoms with E-state index in [1.807, 2.05) is 35.8 Å². The van der Waals surface area contributed by atoms with E-state index in [-0.39, 0.29) is 11.9 Å². The van der Waals surface area contributed by atoms with Crippen LogP contribution >= 0.6 is 0 Å². The second kappa shape index (κ2) is 7.11. The number of halogens is 1. The molecule has 2 aromatic carbocycles. The molecule has 0 radical (unpaired) electrons. The minimum atomic E-state index is -0.326. The quantitative estimate of drug-likeness (QED) is 0.461. The fraction of sp³-hybridized carbons (Fsp3) is 0.143. The second-order valence-electron chi connectivity index (χ2n) is 6.83. The van der Waals surface area contributed by atoms with Crippen molar-refractivity contribution in [1.29, 1.82) is 0 Å². The Morgan fingerprint density at radius 1 is 1.13 bits per heavy atom. The highest BCUT2D eigenvalue weighted by Crippen LogP contribution is 2.30. The van der Waals surface area contributed by atoms with Gasteiger partial charge in [0.25, 0.3) is 0 Å². The van der Waals surface area contributed by atoms with Gasteiger partial charge in [-0.3, -0.25) is 4.57 Å². The van der Waals surface area contributed by atoms with Gasteiger partial charge < -0.3 is 15.0 Å². The number of anilines is 1. The number of fused-ring (bicyclic) bond motifs is 2. The number of ether oxygens (including phenoxy) is 1. The number of aromatic nitrogens is 6. The minimum absolute atomic E-state index is 0.263. The van der Waals surface area contributed by atoms with E-state index in [1.54, 1.807) is 19.5 Å². The van der Waals surface area contributed by atoms with E-state index in [4.69, 9.17) is 9.72 Å². The summed E-state index contributed by atoms with van der Waals surface area (Å²) in [7, 11) is 1.61. The van der Waals surface area contributed by atoms with Crippen molar-refractivity contribution in [2.45, 2.75) is 13.0 Å². The molecule has 5 rings (SSSR count). The SMILES string of the molecule is COc1cccc(-n2c(C(C)Nc3ncnc4[nH]cnc34)nc3ccc(F)cc32)c1. The molecule has 9 heteroatoms. The van der Waals surface area contributed by atoms with Crippen molar-refractivity contribution in [3.8, 4) is 11.4 Å². The summed E-state index contributed by atoms with van der Waals surface area (Å²) in [4.78, 5) is 20.5. The Kier molecular flexibility index (Phi) is 4.27. The monoisotopic (exact) mass is 403 g/mol. The number of imidazole rings is 2. The number of rotatable bonds is 5. The van der Waals surface area contributed by atoms with E-state index in [9.17, 15) is 4.39 Å². The number of hydrogen-bond acceptors (Lipinski definition) is 6. The van der Waals surface area contributed by atoms with E-state index in [0.29, 0.717) is 39.6 Å². The third-order valence-corrected chi connectivity index (χ3v) is 4.91. The molecule has 0 aliphatic carbocycles. The van der Waals surface area contributed by atoms with Crippen molar-refractivity contribution in [2.24, 2.45) is 0 Å². The number of nitrogens with one attached hydrogen (secondary N) is 2. The van der Waals surface area contributed by atoms with Crippen LogP contribution in [0.3, 0.4) is 0 Å². The van der Waals surface area contributed by atoms with Gasteiger partial charge in [0.15, 0.2) is 11.5 Å². The molecule has 2 N–H and O–H groups in total. The van der Waals surface area contributed by atoms with Crippen molar-refractivity contribution < 1.29 is 9.13 Å². The van der Waals surface area contributed by atoms with Crippen LogP contribution in [0.5, 0.6) is 5.75 Å². The first-order chi connectivity index (χ1) is 14.6. The Balaban J connectivity index is 1.65. The van der Waals surface area contributed by atoms with E-state index in [2.05, 4.69) is 25.3 Å². The third-order valence-electron chi connectivity index (χ3n) is 4.91. The molecule has 3 heterocycles. The maximum Gasteiger partial charge on any atom is 0.162 e. The van der Waals surface area contributed by atoms with Gasteiger partial charge in [0.1, 0.15) is 29.2 Å². The Morgan fingerprint density at radius 2 is 2.03 bits per heavy atom. The van der Waals surface area contributed by atoms with Gasteiger partial charge in [-0.05, 0) is 31.2 Å². The van der Waals surface area contributed by atoms with Gasteiger partial charge in [-0.2, -0.15) is 0 Å². The van der Waals surface area contributed by atoms with Crippen molar-refractivity contribution in [3.63, 3.8) is 0 Å². The third kappa shape index (κ3) is 3.00. The highest BCUT2D eigenvalue weighted by atomic mass is 19.1. The Hall–Kier alpha value is -4.01. The molecular formula is C21H18FN7O. The number of hydrogen-bond donors (Lipinski definition) is 2. The molecule has 0 aliphatic heterocycles. The van der Waals surface area contributed by atoms with Crippen LogP contribution in [0.25, 0.3) is 27.9 Å². The van der Waals surface area contributed by atoms with Crippen molar-refractivity contribution >= 4 is 28.0 Å². The number of methoxy groups -OCH3 is 1. The molecule has 0 aliphatic rings. The standard InChI is InChI=1S/C21H18FN7O/c1-12(27-20-18-19(24-10-23-18)25-11-26-20)21-28-16-7-6-13(22)8-17(16)29(21)14-4-3-5-15(9-14)30-2/h3-12H,1-2H3,(H2,23,24,25,26,27). The molecule has 3 aromatic heterocycles. The smallest absolute Gasteiger partial charge is 0.162 e. The molecule has 0 amide bonds. The summed E-state index contributed by atoms with van der Waals surface area (Å²) in [6, 6.07) is 11.9. The van der Waals surface area contributed by atoms with E-state index >= 15 is 0 Å². The molecule has 5 aromatic rings. The fourth-order valence-electron chi connectivity index (χ4n) is 3.52. The lowest BCUT2D eigenvalue weighted by Crippen LogP contribution is -2.14. The van der Waals surface area contributed by atoms with Gasteiger partial charge >= 0.3 is 0 Å². The van der Waals surface area contributed by atoms with E-state index in [0.717, 1.165) is 5.69 Å². The normalized spacial score (nSPS) is 12.4.